The van der Waals surface area contributed by atoms with E-state index in [9.17, 15) is 64.8 Å². The van der Waals surface area contributed by atoms with Gasteiger partial charge >= 0.3 is 24.0 Å². The summed E-state index contributed by atoms with van der Waals surface area (Å²) in [6.45, 7) is 4.33. The molecule has 2 aliphatic carbocycles. The molecule has 0 spiro atoms. The zero-order valence-electron chi connectivity index (χ0n) is 41.0. The van der Waals surface area contributed by atoms with E-state index >= 15 is 0 Å². The molecule has 0 bridgehead atoms. The lowest BCUT2D eigenvalue weighted by molar-refractivity contribution is -0.392. The Bertz CT molecular complexity index is 3510. The lowest BCUT2D eigenvalue weighted by Gasteiger charge is -2.19. The molecule has 0 saturated heterocycles. The van der Waals surface area contributed by atoms with E-state index in [0.717, 1.165) is 84.1 Å². The van der Waals surface area contributed by atoms with Gasteiger partial charge in [-0.05, 0) is 152 Å². The van der Waals surface area contributed by atoms with Crippen LogP contribution in [-0.2, 0) is 38.3 Å². The molecular formula is C48H41Br2F9N14O6. The van der Waals surface area contributed by atoms with Crippen molar-refractivity contribution in [1.29, 1.82) is 0 Å². The number of ether oxygens (including phenoxy) is 1. The van der Waals surface area contributed by atoms with Crippen LogP contribution in [0, 0.1) is 49.5 Å². The number of aromatic nitrogens is 12. The number of pyridine rings is 2. The maximum Gasteiger partial charge on any atom is 0.435 e. The summed E-state index contributed by atoms with van der Waals surface area (Å²) in [5, 5.41) is 55.1. The van der Waals surface area contributed by atoms with E-state index in [1.807, 2.05) is 0 Å². The molecular weight excluding hydrogens is 1200 g/mol. The molecule has 2 aliphatic rings. The maximum atomic E-state index is 14.4. The highest BCUT2D eigenvalue weighted by atomic mass is 79.9. The molecule has 6 aromatic heterocycles. The van der Waals surface area contributed by atoms with Crippen LogP contribution in [-0.4, -0.2) is 74.5 Å². The van der Waals surface area contributed by atoms with Crippen LogP contribution < -0.4 is 4.74 Å². The summed E-state index contributed by atoms with van der Waals surface area (Å²) in [6, 6.07) is 11.1. The Morgan fingerprint density at radius 3 is 1.54 bits per heavy atom. The Kier molecular flexibility index (Phi) is 17.3. The summed E-state index contributed by atoms with van der Waals surface area (Å²) in [4.78, 5) is 26.8. The van der Waals surface area contributed by atoms with E-state index in [2.05, 4.69) is 72.6 Å². The number of rotatable bonds is 16. The van der Waals surface area contributed by atoms with Crippen LogP contribution in [0.5, 0.6) is 5.75 Å². The molecule has 6 heterocycles. The minimum Gasteiger partial charge on any atom is -0.478 e. The quantitative estimate of drug-likeness (QED) is 0.0538. The number of aliphatic hydroxyl groups excluding tert-OH is 1. The summed E-state index contributed by atoms with van der Waals surface area (Å²) >= 11 is 6.10. The number of alkyl halides is 6. The first kappa shape index (κ1) is 57.5. The third kappa shape index (κ3) is 14.9. The first-order valence-corrected chi connectivity index (χ1v) is 25.2. The Balaban J connectivity index is 0.000000179. The fraction of sp³-hybridized carbons (Fsp3) is 0.333. The van der Waals surface area contributed by atoms with Gasteiger partial charge in [-0.25, -0.2) is 18.1 Å². The van der Waals surface area contributed by atoms with E-state index in [1.54, 1.807) is 21.8 Å². The van der Waals surface area contributed by atoms with E-state index < -0.39 is 74.9 Å². The molecule has 8 aromatic rings. The zero-order chi connectivity index (χ0) is 57.1. The molecule has 0 radical (unpaired) electrons. The van der Waals surface area contributed by atoms with Gasteiger partial charge in [0.1, 0.15) is 17.7 Å². The Hall–Kier alpha value is -7.67. The van der Waals surface area contributed by atoms with Gasteiger partial charge in [-0.2, -0.15) is 40.9 Å². The van der Waals surface area contributed by atoms with E-state index in [4.69, 9.17) is 4.74 Å². The van der Waals surface area contributed by atoms with Crippen molar-refractivity contribution in [2.75, 3.05) is 0 Å². The molecule has 1 N–H and O–H groups in total. The zero-order valence-corrected chi connectivity index (χ0v) is 44.1. The minimum atomic E-state index is -4.74. The van der Waals surface area contributed by atoms with Gasteiger partial charge in [-0.1, -0.05) is 10.4 Å². The molecule has 20 nitrogen and oxygen atoms in total. The second-order valence-electron chi connectivity index (χ2n) is 18.3. The summed E-state index contributed by atoms with van der Waals surface area (Å²) in [5.74, 6) is -2.65. The molecule has 10 rings (SSSR count). The Morgan fingerprint density at radius 1 is 0.671 bits per heavy atom. The monoisotopic (exact) mass is 1240 g/mol. The van der Waals surface area contributed by atoms with Gasteiger partial charge in [0.05, 0.1) is 49.2 Å². The molecule has 2 fully saturated rings. The number of benzene rings is 2. The molecule has 0 unspecified atom stereocenters. The van der Waals surface area contributed by atoms with Gasteiger partial charge < -0.3 is 30.1 Å². The summed E-state index contributed by atoms with van der Waals surface area (Å²) in [5.41, 5.74) is -0.393. The van der Waals surface area contributed by atoms with Crippen molar-refractivity contribution in [1.82, 2.24) is 59.5 Å². The van der Waals surface area contributed by atoms with Crippen LogP contribution in [0.2, 0.25) is 0 Å². The number of nitro groups is 2. The van der Waals surface area contributed by atoms with Crippen LogP contribution >= 0.6 is 31.9 Å². The first-order chi connectivity index (χ1) is 37.3. The van der Waals surface area contributed by atoms with Gasteiger partial charge in [-0.15, -0.1) is 10.2 Å². The van der Waals surface area contributed by atoms with E-state index in [-0.39, 0.29) is 52.5 Å². The number of halogens is 11. The average molecular weight is 1240 g/mol. The maximum absolute atomic E-state index is 14.4. The van der Waals surface area contributed by atoms with Crippen molar-refractivity contribution in [2.45, 2.75) is 90.0 Å². The van der Waals surface area contributed by atoms with Gasteiger partial charge in [0.2, 0.25) is 11.6 Å². The van der Waals surface area contributed by atoms with Crippen molar-refractivity contribution in [3.05, 3.63) is 177 Å². The molecule has 2 saturated carbocycles. The number of hydrogen-bond donors (Lipinski definition) is 1. The largest absolute Gasteiger partial charge is 0.478 e. The normalized spacial score (nSPS) is 14.2. The van der Waals surface area contributed by atoms with Crippen LogP contribution in [0.1, 0.15) is 97.0 Å². The smallest absolute Gasteiger partial charge is 0.435 e. The van der Waals surface area contributed by atoms with Crippen LogP contribution in [0.4, 0.5) is 51.1 Å². The van der Waals surface area contributed by atoms with Crippen molar-refractivity contribution < 1.29 is 59.2 Å². The molecule has 0 amide bonds. The van der Waals surface area contributed by atoms with Crippen LogP contribution in [0.25, 0.3) is 11.4 Å². The van der Waals surface area contributed by atoms with Gasteiger partial charge in [0.25, 0.3) is 0 Å². The lowest BCUT2D eigenvalue weighted by atomic mass is 10.1. The molecule has 79 heavy (non-hydrogen) atoms. The second kappa shape index (κ2) is 23.7. The van der Waals surface area contributed by atoms with Crippen molar-refractivity contribution in [2.24, 2.45) is 11.8 Å². The Morgan fingerprint density at radius 2 is 1.11 bits per heavy atom. The van der Waals surface area contributed by atoms with Crippen molar-refractivity contribution >= 4 is 43.5 Å². The lowest BCUT2D eigenvalue weighted by Crippen LogP contribution is -2.13. The topological polar surface area (TPSA) is 239 Å². The van der Waals surface area contributed by atoms with E-state index in [1.165, 1.54) is 44.4 Å². The fourth-order valence-electron chi connectivity index (χ4n) is 7.83. The predicted molar refractivity (Wildman–Crippen MR) is 265 cm³/mol. The van der Waals surface area contributed by atoms with Crippen LogP contribution in [0.3, 0.4) is 0 Å². The first-order valence-electron chi connectivity index (χ1n) is 23.6. The molecule has 416 valence electrons. The highest BCUT2D eigenvalue weighted by Gasteiger charge is 2.37. The standard InChI is InChI=1S/C24H20BrF4N7O3.C19H19F4N5O.C5H2BrFN2O2/c1-13(39-21-6-15(25)10-30-23(21)36(37)38)19-7-16(26)4-5-20(19)35-18(9-22(32-35)24(27,28)29)8-17-12-34(33-31-17)11-14-2-3-14;1-11(29)16-6-13(20)4-5-17(16)28-15(8-18(25-28)19(21,22)23)7-14-10-27(26-24-14)9-12-2-3-12;6-3-1-4(7)5(8-2-3)9(10)11/h4-7,9-10,12-14H,2-3,8,11H2,1H3;4-6,8,10-12,29H,2-3,7,9H2,1H3;1-2H/t13-;11-;/m11./s1. The van der Waals surface area contributed by atoms with Crippen molar-refractivity contribution in [3.63, 3.8) is 0 Å². The number of aliphatic hydroxyl groups is 1. The number of nitrogens with zero attached hydrogens (tertiary/aromatic N) is 14. The fourth-order valence-corrected chi connectivity index (χ4v) is 8.45. The molecule has 0 aliphatic heterocycles. The highest BCUT2D eigenvalue weighted by molar-refractivity contribution is 9.10. The second-order valence-corrected chi connectivity index (χ2v) is 20.1. The third-order valence-corrected chi connectivity index (χ3v) is 12.8. The summed E-state index contributed by atoms with van der Waals surface area (Å²) in [7, 11) is 0. The highest BCUT2D eigenvalue weighted by Crippen LogP contribution is 2.37. The summed E-state index contributed by atoms with van der Waals surface area (Å²) in [6.07, 6.45) is -1.22. The third-order valence-electron chi connectivity index (χ3n) is 11.9. The van der Waals surface area contributed by atoms with Gasteiger partial charge in [0, 0.05) is 61.6 Å². The molecule has 2 aromatic carbocycles. The SMILES string of the molecule is C[C@@H](O)c1cc(F)ccc1-n1nc(C(F)(F)F)cc1Cc1cn(CC2CC2)nn1.C[C@@H](Oc1cc(Br)cnc1[N+](=O)[O-])c1cc(F)ccc1-n1nc(C(F)(F)F)cc1Cc1cn(CC2CC2)nn1.O=[N+]([O-])c1ncc(Br)cc1F. The molecule has 2 atom stereocenters. The Labute approximate surface area is 456 Å². The summed E-state index contributed by atoms with van der Waals surface area (Å²) < 4.78 is 134. The average Bonchev–Trinajstić information content (AvgIpc) is 4.23. The predicted octanol–water partition coefficient (Wildman–Crippen LogP) is 11.4. The van der Waals surface area contributed by atoms with Crippen molar-refractivity contribution in [3.8, 4) is 17.1 Å². The van der Waals surface area contributed by atoms with Gasteiger partial charge in [0.15, 0.2) is 23.8 Å². The number of hydrogen-bond acceptors (Lipinski definition) is 14. The van der Waals surface area contributed by atoms with E-state index in [0.29, 0.717) is 38.7 Å². The minimum absolute atomic E-state index is 0.0270. The van der Waals surface area contributed by atoms with Crippen LogP contribution in [0.15, 0.2) is 94.4 Å². The molecule has 31 heteroatoms. The van der Waals surface area contributed by atoms with Gasteiger partial charge in [-0.3, -0.25) is 9.36 Å².